The van der Waals surface area contributed by atoms with Crippen LogP contribution in [0.25, 0.3) is 10.9 Å². The monoisotopic (exact) mass is 455 g/mol. The van der Waals surface area contributed by atoms with Crippen molar-refractivity contribution < 1.29 is 14.3 Å². The number of fused-ring (bicyclic) bond motifs is 1. The summed E-state index contributed by atoms with van der Waals surface area (Å²) in [6.45, 7) is 2.00. The summed E-state index contributed by atoms with van der Waals surface area (Å²) in [5.74, 6) is 0.350. The lowest BCUT2D eigenvalue weighted by Crippen LogP contribution is -2.49. The molecule has 0 aliphatic rings. The quantitative estimate of drug-likeness (QED) is 0.413. The van der Waals surface area contributed by atoms with Gasteiger partial charge in [0.15, 0.2) is 0 Å². The molecule has 0 saturated carbocycles. The fraction of sp³-hybridized carbons (Fsp3) is 0.214. The number of aryl methyl sites for hydroxylation is 1. The minimum absolute atomic E-state index is 0.153. The summed E-state index contributed by atoms with van der Waals surface area (Å²) >= 11 is 0. The van der Waals surface area contributed by atoms with Crippen LogP contribution in [0.5, 0.6) is 5.75 Å². The van der Waals surface area contributed by atoms with E-state index in [0.717, 1.165) is 39.0 Å². The first kappa shape index (κ1) is 23.1. The summed E-state index contributed by atoms with van der Waals surface area (Å²) in [6.07, 6.45) is 2.39. The molecule has 174 valence electrons. The van der Waals surface area contributed by atoms with E-state index in [4.69, 9.17) is 4.74 Å². The molecule has 0 bridgehead atoms. The first-order valence-corrected chi connectivity index (χ1v) is 11.3. The molecule has 0 unspecified atom stereocenters. The number of benzene rings is 3. The van der Waals surface area contributed by atoms with E-state index < -0.39 is 6.04 Å². The molecule has 4 rings (SSSR count). The van der Waals surface area contributed by atoms with Crippen LogP contribution in [0.15, 0.2) is 79.0 Å². The molecule has 6 heteroatoms. The van der Waals surface area contributed by atoms with Crippen LogP contribution in [0, 0.1) is 6.92 Å². The number of carbonyl (C=O) groups excluding carboxylic acids is 2. The second-order valence-corrected chi connectivity index (χ2v) is 8.44. The number of nitrogens with one attached hydrogen (secondary N) is 2. The molecule has 3 aromatic carbocycles. The molecular weight excluding hydrogens is 426 g/mol. The van der Waals surface area contributed by atoms with Crippen LogP contribution in [0.4, 0.5) is 5.69 Å². The number of H-pyrrole nitrogens is 1. The van der Waals surface area contributed by atoms with E-state index in [1.54, 1.807) is 19.1 Å². The van der Waals surface area contributed by atoms with Crippen LogP contribution in [0.1, 0.15) is 16.7 Å². The van der Waals surface area contributed by atoms with Crippen LogP contribution in [-0.2, 0) is 22.4 Å². The molecule has 4 aromatic rings. The minimum Gasteiger partial charge on any atom is -0.497 e. The van der Waals surface area contributed by atoms with E-state index in [9.17, 15) is 9.59 Å². The van der Waals surface area contributed by atoms with E-state index >= 15 is 0 Å². The summed E-state index contributed by atoms with van der Waals surface area (Å²) in [5, 5.41) is 3.91. The molecule has 0 saturated heterocycles. The Balaban J connectivity index is 1.54. The van der Waals surface area contributed by atoms with Crippen molar-refractivity contribution in [1.82, 2.24) is 10.3 Å². The van der Waals surface area contributed by atoms with Crippen LogP contribution in [-0.4, -0.2) is 37.0 Å². The molecule has 1 heterocycles. The van der Waals surface area contributed by atoms with Crippen LogP contribution >= 0.6 is 0 Å². The first-order valence-electron chi connectivity index (χ1n) is 11.3. The Morgan fingerprint density at radius 1 is 1.03 bits per heavy atom. The minimum atomic E-state index is -0.694. The van der Waals surface area contributed by atoms with E-state index in [2.05, 4.69) is 10.3 Å². The standard InChI is InChI=1S/C28H29N3O3/c1-19-9-11-22(12-10-19)31(2)28(33)26(15-20-7-5-4-6-8-20)30-27(32)16-21-18-29-25-14-13-23(34-3)17-24(21)25/h4-14,17-18,26,29H,15-16H2,1-3H3,(H,30,32)/t26-/m0/s1. The number of anilines is 1. The molecule has 34 heavy (non-hydrogen) atoms. The number of aromatic amines is 1. The van der Waals surface area contributed by atoms with Gasteiger partial charge >= 0.3 is 0 Å². The summed E-state index contributed by atoms with van der Waals surface area (Å²) in [4.78, 5) is 31.3. The van der Waals surface area contributed by atoms with Gasteiger partial charge in [-0.3, -0.25) is 9.59 Å². The van der Waals surface area contributed by atoms with Gasteiger partial charge in [0.05, 0.1) is 13.5 Å². The third kappa shape index (κ3) is 5.29. The number of hydrogen-bond acceptors (Lipinski definition) is 3. The van der Waals surface area contributed by atoms with Crippen molar-refractivity contribution in [3.05, 3.63) is 95.7 Å². The van der Waals surface area contributed by atoms with Crippen molar-refractivity contribution in [3.63, 3.8) is 0 Å². The van der Waals surface area contributed by atoms with Gasteiger partial charge in [-0.05, 0) is 48.4 Å². The second kappa shape index (κ2) is 10.3. The number of nitrogens with zero attached hydrogens (tertiary/aromatic N) is 1. The number of methoxy groups -OCH3 is 1. The number of likely N-dealkylation sites (N-methyl/N-ethyl adjacent to an activating group) is 1. The zero-order chi connectivity index (χ0) is 24.1. The molecule has 6 nitrogen and oxygen atoms in total. The maximum atomic E-state index is 13.5. The van der Waals surface area contributed by atoms with Crippen molar-refractivity contribution in [2.75, 3.05) is 19.1 Å². The van der Waals surface area contributed by atoms with Crippen LogP contribution in [0.3, 0.4) is 0 Å². The molecule has 0 radical (unpaired) electrons. The highest BCUT2D eigenvalue weighted by atomic mass is 16.5. The molecule has 1 atom stereocenters. The van der Waals surface area contributed by atoms with E-state index in [1.807, 2.05) is 85.9 Å². The van der Waals surface area contributed by atoms with Gasteiger partial charge in [-0.1, -0.05) is 48.0 Å². The lowest BCUT2D eigenvalue weighted by Gasteiger charge is -2.25. The Morgan fingerprint density at radius 2 is 1.76 bits per heavy atom. The SMILES string of the molecule is COc1ccc2[nH]cc(CC(=O)N[C@@H](Cc3ccccc3)C(=O)N(C)c3ccc(C)cc3)c2c1. The molecular formula is C28H29N3O3. The maximum Gasteiger partial charge on any atom is 0.249 e. The number of amides is 2. The third-order valence-corrected chi connectivity index (χ3v) is 5.99. The fourth-order valence-corrected chi connectivity index (χ4v) is 4.03. The van der Waals surface area contributed by atoms with Crippen molar-refractivity contribution >= 4 is 28.4 Å². The van der Waals surface area contributed by atoms with Gasteiger partial charge in [0.25, 0.3) is 0 Å². The largest absolute Gasteiger partial charge is 0.497 e. The molecule has 1 aromatic heterocycles. The van der Waals surface area contributed by atoms with Gasteiger partial charge in [-0.15, -0.1) is 0 Å². The van der Waals surface area contributed by atoms with Gasteiger partial charge in [0.1, 0.15) is 11.8 Å². The number of aromatic nitrogens is 1. The highest BCUT2D eigenvalue weighted by Crippen LogP contribution is 2.24. The maximum absolute atomic E-state index is 13.5. The third-order valence-electron chi connectivity index (χ3n) is 5.99. The number of hydrogen-bond donors (Lipinski definition) is 2. The topological polar surface area (TPSA) is 74.4 Å². The Bertz CT molecular complexity index is 1280. The zero-order valence-corrected chi connectivity index (χ0v) is 19.7. The molecule has 2 N–H and O–H groups in total. The Labute approximate surface area is 199 Å². The Morgan fingerprint density at radius 3 is 2.47 bits per heavy atom. The lowest BCUT2D eigenvalue weighted by atomic mass is 10.0. The zero-order valence-electron chi connectivity index (χ0n) is 19.7. The molecule has 0 fully saturated rings. The molecule has 2 amide bonds. The van der Waals surface area contributed by atoms with Gasteiger partial charge in [0, 0.05) is 36.3 Å². The Kier molecular flexibility index (Phi) is 6.97. The van der Waals surface area contributed by atoms with Crippen molar-refractivity contribution in [3.8, 4) is 5.75 Å². The lowest BCUT2D eigenvalue weighted by molar-refractivity contribution is -0.127. The van der Waals surface area contributed by atoms with Gasteiger partial charge in [0.2, 0.25) is 11.8 Å². The highest BCUT2D eigenvalue weighted by molar-refractivity contribution is 5.99. The first-order chi connectivity index (χ1) is 16.4. The predicted octanol–water partition coefficient (Wildman–Crippen LogP) is 4.42. The fourth-order valence-electron chi connectivity index (χ4n) is 4.03. The summed E-state index contributed by atoms with van der Waals surface area (Å²) in [5.41, 5.74) is 4.67. The van der Waals surface area contributed by atoms with E-state index in [0.29, 0.717) is 6.42 Å². The molecule has 0 aliphatic carbocycles. The Hall–Kier alpha value is -4.06. The van der Waals surface area contributed by atoms with Gasteiger partial charge in [-0.25, -0.2) is 0 Å². The number of ether oxygens (including phenoxy) is 1. The molecule has 0 aliphatic heterocycles. The van der Waals surface area contributed by atoms with Crippen molar-refractivity contribution in [2.24, 2.45) is 0 Å². The summed E-state index contributed by atoms with van der Waals surface area (Å²) in [6, 6.07) is 22.5. The molecule has 0 spiro atoms. The highest BCUT2D eigenvalue weighted by Gasteiger charge is 2.25. The van der Waals surface area contributed by atoms with E-state index in [-0.39, 0.29) is 18.2 Å². The number of carbonyl (C=O) groups is 2. The van der Waals surface area contributed by atoms with E-state index in [1.165, 1.54) is 0 Å². The van der Waals surface area contributed by atoms with Crippen molar-refractivity contribution in [2.45, 2.75) is 25.8 Å². The summed E-state index contributed by atoms with van der Waals surface area (Å²) in [7, 11) is 3.35. The van der Waals surface area contributed by atoms with Crippen molar-refractivity contribution in [1.29, 1.82) is 0 Å². The van der Waals surface area contributed by atoms with Gasteiger partial charge in [-0.2, -0.15) is 0 Å². The second-order valence-electron chi connectivity index (χ2n) is 8.44. The average molecular weight is 456 g/mol. The number of rotatable bonds is 8. The smallest absolute Gasteiger partial charge is 0.249 e. The van der Waals surface area contributed by atoms with Crippen LogP contribution < -0.4 is 15.0 Å². The normalized spacial score (nSPS) is 11.7. The summed E-state index contributed by atoms with van der Waals surface area (Å²) < 4.78 is 5.33. The average Bonchev–Trinajstić information content (AvgIpc) is 3.25. The predicted molar refractivity (Wildman–Crippen MR) is 135 cm³/mol. The van der Waals surface area contributed by atoms with Gasteiger partial charge < -0.3 is 19.9 Å². The van der Waals surface area contributed by atoms with Crippen LogP contribution in [0.2, 0.25) is 0 Å².